The number of benzene rings is 2. The summed E-state index contributed by atoms with van der Waals surface area (Å²) in [6.45, 7) is 7.72. The summed E-state index contributed by atoms with van der Waals surface area (Å²) in [5, 5.41) is 9.32. The Kier molecular flexibility index (Phi) is 13.2. The van der Waals surface area contributed by atoms with Crippen LogP contribution in [-0.2, 0) is 25.5 Å². The molecule has 9 heteroatoms. The maximum Gasteiger partial charge on any atom is 0.335 e. The molecule has 2 heterocycles. The number of carbonyl (C=O) groups is 1. The van der Waals surface area contributed by atoms with Crippen LogP contribution in [0.5, 0.6) is 0 Å². The molecule has 0 saturated carbocycles. The van der Waals surface area contributed by atoms with Gasteiger partial charge in [-0.15, -0.1) is 0 Å². The fraction of sp³-hybridized carbons (Fsp3) is 0.438. The lowest BCUT2D eigenvalue weighted by molar-refractivity contribution is 0.00344. The molecular weight excluding hydrogens is 522 g/mol. The quantitative estimate of drug-likeness (QED) is 0.481. The van der Waals surface area contributed by atoms with Gasteiger partial charge in [-0.25, -0.2) is 4.79 Å². The van der Waals surface area contributed by atoms with E-state index in [0.29, 0.717) is 78.1 Å². The second-order valence-corrected chi connectivity index (χ2v) is 9.83. The van der Waals surface area contributed by atoms with E-state index in [9.17, 15) is 9.90 Å². The van der Waals surface area contributed by atoms with Gasteiger partial charge in [0.2, 0.25) is 0 Å². The molecule has 41 heavy (non-hydrogen) atoms. The lowest BCUT2D eigenvalue weighted by Crippen LogP contribution is -2.36. The molecule has 1 aliphatic heterocycles. The van der Waals surface area contributed by atoms with Gasteiger partial charge in [0.1, 0.15) is 0 Å². The molecule has 0 amide bonds. The van der Waals surface area contributed by atoms with E-state index in [1.165, 1.54) is 5.56 Å². The van der Waals surface area contributed by atoms with E-state index in [-0.39, 0.29) is 6.04 Å². The Labute approximate surface area is 242 Å². The maximum atomic E-state index is 11.4. The van der Waals surface area contributed by atoms with E-state index in [2.05, 4.69) is 45.1 Å². The summed E-state index contributed by atoms with van der Waals surface area (Å²) in [5.41, 5.74) is 3.41. The third-order valence-corrected chi connectivity index (χ3v) is 6.92. The van der Waals surface area contributed by atoms with Crippen molar-refractivity contribution in [3.63, 3.8) is 0 Å². The summed E-state index contributed by atoms with van der Waals surface area (Å²) >= 11 is 0. The molecule has 3 aromatic rings. The average Bonchev–Trinajstić information content (AvgIpc) is 3.00. The van der Waals surface area contributed by atoms with Gasteiger partial charge in [-0.3, -0.25) is 14.8 Å². The summed E-state index contributed by atoms with van der Waals surface area (Å²) in [6, 6.07) is 23.5. The zero-order chi connectivity index (χ0) is 28.5. The minimum atomic E-state index is -0.923. The van der Waals surface area contributed by atoms with Crippen LogP contribution in [0.1, 0.15) is 33.2 Å². The highest BCUT2D eigenvalue weighted by Gasteiger charge is 2.23. The minimum absolute atomic E-state index is 0.00938. The maximum absolute atomic E-state index is 11.4. The molecule has 9 nitrogen and oxygen atoms in total. The molecule has 1 atom stereocenters. The molecule has 4 rings (SSSR count). The van der Waals surface area contributed by atoms with Crippen molar-refractivity contribution in [2.45, 2.75) is 12.6 Å². The van der Waals surface area contributed by atoms with Gasteiger partial charge in [-0.2, -0.15) is 0 Å². The molecular formula is C32H41N3O6. The van der Waals surface area contributed by atoms with Gasteiger partial charge in [0, 0.05) is 38.9 Å². The van der Waals surface area contributed by atoms with Crippen LogP contribution in [0.15, 0.2) is 79.0 Å². The van der Waals surface area contributed by atoms with E-state index in [4.69, 9.17) is 18.9 Å². The SMILES string of the molecule is O=C(O)c1cccc(CN2CCOCCOCCN(C(c3ccccc3)c3ccccn3)CCOCCOCC2)c1. The highest BCUT2D eigenvalue weighted by molar-refractivity contribution is 5.87. The van der Waals surface area contributed by atoms with Gasteiger partial charge < -0.3 is 24.1 Å². The summed E-state index contributed by atoms with van der Waals surface area (Å²) in [5.74, 6) is -0.923. The van der Waals surface area contributed by atoms with Crippen molar-refractivity contribution in [1.82, 2.24) is 14.8 Å². The molecule has 1 unspecified atom stereocenters. The number of pyridine rings is 1. The third-order valence-electron chi connectivity index (χ3n) is 6.92. The van der Waals surface area contributed by atoms with Crippen molar-refractivity contribution in [1.29, 1.82) is 0 Å². The summed E-state index contributed by atoms with van der Waals surface area (Å²) in [7, 11) is 0. The predicted octanol–water partition coefficient (Wildman–Crippen LogP) is 3.75. The molecule has 1 fully saturated rings. The number of carboxylic acids is 1. The van der Waals surface area contributed by atoms with Crippen molar-refractivity contribution in [3.05, 3.63) is 101 Å². The fourth-order valence-electron chi connectivity index (χ4n) is 4.84. The van der Waals surface area contributed by atoms with Crippen LogP contribution in [0.2, 0.25) is 0 Å². The molecule has 1 N–H and O–H groups in total. The van der Waals surface area contributed by atoms with Gasteiger partial charge in [0.15, 0.2) is 0 Å². The second-order valence-electron chi connectivity index (χ2n) is 9.83. The summed E-state index contributed by atoms with van der Waals surface area (Å²) < 4.78 is 23.7. The van der Waals surface area contributed by atoms with Crippen molar-refractivity contribution in [2.75, 3.05) is 79.0 Å². The molecule has 1 saturated heterocycles. The summed E-state index contributed by atoms with van der Waals surface area (Å²) in [6.07, 6.45) is 1.84. The van der Waals surface area contributed by atoms with Crippen LogP contribution in [-0.4, -0.2) is 105 Å². The van der Waals surface area contributed by atoms with Crippen LogP contribution in [0.3, 0.4) is 0 Å². The van der Waals surface area contributed by atoms with Gasteiger partial charge in [-0.05, 0) is 35.4 Å². The highest BCUT2D eigenvalue weighted by Crippen LogP contribution is 2.27. The van der Waals surface area contributed by atoms with Crippen LogP contribution in [0.25, 0.3) is 0 Å². The Morgan fingerprint density at radius 1 is 0.732 bits per heavy atom. The molecule has 220 valence electrons. The first-order valence-electron chi connectivity index (χ1n) is 14.3. The first-order chi connectivity index (χ1) is 20.2. The monoisotopic (exact) mass is 563 g/mol. The van der Waals surface area contributed by atoms with Crippen LogP contribution >= 0.6 is 0 Å². The molecule has 0 aliphatic carbocycles. The zero-order valence-electron chi connectivity index (χ0n) is 23.6. The van der Waals surface area contributed by atoms with E-state index >= 15 is 0 Å². The molecule has 2 aromatic carbocycles. The van der Waals surface area contributed by atoms with Gasteiger partial charge in [-0.1, -0.05) is 48.5 Å². The third kappa shape index (κ3) is 10.6. The van der Waals surface area contributed by atoms with E-state index < -0.39 is 5.97 Å². The molecule has 1 aliphatic rings. The van der Waals surface area contributed by atoms with Gasteiger partial charge in [0.05, 0.1) is 70.2 Å². The molecule has 0 bridgehead atoms. The Balaban J connectivity index is 1.34. The first kappa shape index (κ1) is 30.8. The largest absolute Gasteiger partial charge is 0.478 e. The number of ether oxygens (including phenoxy) is 4. The average molecular weight is 564 g/mol. The van der Waals surface area contributed by atoms with Crippen LogP contribution in [0, 0.1) is 0 Å². The number of aromatic nitrogens is 1. The van der Waals surface area contributed by atoms with E-state index in [1.807, 2.05) is 30.5 Å². The first-order valence-corrected chi connectivity index (χ1v) is 14.3. The number of hydrogen-bond acceptors (Lipinski definition) is 8. The van der Waals surface area contributed by atoms with Crippen LogP contribution < -0.4 is 0 Å². The van der Waals surface area contributed by atoms with Crippen LogP contribution in [0.4, 0.5) is 0 Å². The topological polar surface area (TPSA) is 93.6 Å². The Morgan fingerprint density at radius 2 is 1.34 bits per heavy atom. The number of aromatic carboxylic acids is 1. The fourth-order valence-corrected chi connectivity index (χ4v) is 4.84. The van der Waals surface area contributed by atoms with Gasteiger partial charge in [0.25, 0.3) is 0 Å². The van der Waals surface area contributed by atoms with E-state index in [0.717, 1.165) is 24.3 Å². The minimum Gasteiger partial charge on any atom is -0.478 e. The lowest BCUT2D eigenvalue weighted by Gasteiger charge is -2.32. The van der Waals surface area contributed by atoms with Crippen molar-refractivity contribution >= 4 is 5.97 Å². The number of carboxylic acid groups (broad SMARTS) is 1. The number of nitrogens with zero attached hydrogens (tertiary/aromatic N) is 3. The molecule has 0 radical (unpaired) electrons. The van der Waals surface area contributed by atoms with E-state index in [1.54, 1.807) is 18.2 Å². The van der Waals surface area contributed by atoms with Crippen molar-refractivity contribution in [3.8, 4) is 0 Å². The lowest BCUT2D eigenvalue weighted by atomic mass is 10.0. The Hall–Kier alpha value is -3.18. The molecule has 1 aromatic heterocycles. The van der Waals surface area contributed by atoms with Crippen molar-refractivity contribution < 1.29 is 28.8 Å². The molecule has 0 spiro atoms. The number of rotatable bonds is 6. The Bertz CT molecular complexity index is 1090. The predicted molar refractivity (Wildman–Crippen MR) is 156 cm³/mol. The van der Waals surface area contributed by atoms with Gasteiger partial charge >= 0.3 is 5.97 Å². The smallest absolute Gasteiger partial charge is 0.335 e. The number of hydrogen-bond donors (Lipinski definition) is 1. The highest BCUT2D eigenvalue weighted by atomic mass is 16.5. The second kappa shape index (κ2) is 17.6. The normalized spacial score (nSPS) is 18.6. The van der Waals surface area contributed by atoms with Crippen molar-refractivity contribution in [2.24, 2.45) is 0 Å². The Morgan fingerprint density at radius 3 is 1.93 bits per heavy atom. The zero-order valence-corrected chi connectivity index (χ0v) is 23.6. The standard InChI is InChI=1S/C32H41N3O6/c36-32(37)29-10-6-7-27(25-29)26-34-13-17-38-21-23-40-19-15-35(16-20-41-24-22-39-18-14-34)31(28-8-2-1-3-9-28)30-11-4-5-12-33-30/h1-12,25,31H,13-24,26H2,(H,36,37). The summed E-state index contributed by atoms with van der Waals surface area (Å²) in [4.78, 5) is 20.6.